The Labute approximate surface area is 182 Å². The minimum absolute atomic E-state index is 0.697. The molecule has 31 heavy (non-hydrogen) atoms. The van der Waals surface area contributed by atoms with Crippen molar-refractivity contribution < 1.29 is 0 Å². The van der Waals surface area contributed by atoms with Gasteiger partial charge in [-0.1, -0.05) is 6.07 Å². The molecule has 1 saturated heterocycles. The molecule has 7 nitrogen and oxygen atoms in total. The van der Waals surface area contributed by atoms with Gasteiger partial charge in [-0.15, -0.1) is 0 Å². The lowest BCUT2D eigenvalue weighted by atomic mass is 10.1. The Morgan fingerprint density at radius 2 is 1.74 bits per heavy atom. The SMILES string of the molecule is Cc1cc(-c2ccc3nc(Nc4cc(CN5CCN(C)CC5)ccn4)[nH]c3c2)ccn1. The van der Waals surface area contributed by atoms with Crippen LogP contribution in [0.1, 0.15) is 11.3 Å². The Kier molecular flexibility index (Phi) is 5.36. The van der Waals surface area contributed by atoms with Gasteiger partial charge in [0.25, 0.3) is 0 Å². The van der Waals surface area contributed by atoms with Crippen molar-refractivity contribution in [3.63, 3.8) is 0 Å². The van der Waals surface area contributed by atoms with Crippen molar-refractivity contribution in [1.29, 1.82) is 0 Å². The topological polar surface area (TPSA) is 73.0 Å². The summed E-state index contributed by atoms with van der Waals surface area (Å²) in [6, 6.07) is 14.6. The first-order valence-corrected chi connectivity index (χ1v) is 10.7. The molecule has 0 radical (unpaired) electrons. The number of benzene rings is 1. The van der Waals surface area contributed by atoms with Gasteiger partial charge in [-0.3, -0.25) is 9.88 Å². The van der Waals surface area contributed by atoms with E-state index >= 15 is 0 Å². The quantitative estimate of drug-likeness (QED) is 0.518. The smallest absolute Gasteiger partial charge is 0.206 e. The molecule has 1 aromatic carbocycles. The van der Waals surface area contributed by atoms with Gasteiger partial charge < -0.3 is 15.2 Å². The molecule has 5 rings (SSSR count). The number of hydrogen-bond acceptors (Lipinski definition) is 6. The number of fused-ring (bicyclic) bond motifs is 1. The number of nitrogens with zero attached hydrogens (tertiary/aromatic N) is 5. The third-order valence-corrected chi connectivity index (χ3v) is 5.78. The molecule has 4 aromatic rings. The second kappa shape index (κ2) is 8.45. The molecule has 0 spiro atoms. The molecule has 0 atom stereocenters. The average molecular weight is 414 g/mol. The Hall–Kier alpha value is -3.29. The van der Waals surface area contributed by atoms with Crippen molar-refractivity contribution in [2.75, 3.05) is 38.5 Å². The molecule has 7 heteroatoms. The van der Waals surface area contributed by atoms with Gasteiger partial charge in [-0.2, -0.15) is 0 Å². The predicted octanol–water partition coefficient (Wildman–Crippen LogP) is 3.82. The van der Waals surface area contributed by atoms with Crippen LogP contribution in [0.4, 0.5) is 11.8 Å². The minimum Gasteiger partial charge on any atom is -0.324 e. The molecule has 0 unspecified atom stereocenters. The molecular weight excluding hydrogens is 386 g/mol. The van der Waals surface area contributed by atoms with Crippen molar-refractivity contribution >= 4 is 22.8 Å². The van der Waals surface area contributed by atoms with E-state index in [9.17, 15) is 0 Å². The number of rotatable bonds is 5. The van der Waals surface area contributed by atoms with Gasteiger partial charge in [0.2, 0.25) is 5.95 Å². The van der Waals surface area contributed by atoms with E-state index in [4.69, 9.17) is 0 Å². The summed E-state index contributed by atoms with van der Waals surface area (Å²) < 4.78 is 0. The van der Waals surface area contributed by atoms with Gasteiger partial charge >= 0.3 is 0 Å². The third kappa shape index (κ3) is 4.57. The van der Waals surface area contributed by atoms with Crippen LogP contribution in [-0.2, 0) is 6.54 Å². The number of imidazole rings is 1. The number of H-pyrrole nitrogens is 1. The first-order chi connectivity index (χ1) is 15.1. The molecule has 1 fully saturated rings. The highest BCUT2D eigenvalue weighted by molar-refractivity contribution is 5.84. The number of aromatic nitrogens is 4. The van der Waals surface area contributed by atoms with Crippen molar-refractivity contribution in [2.24, 2.45) is 0 Å². The van der Waals surface area contributed by atoms with Crippen molar-refractivity contribution in [3.8, 4) is 11.1 Å². The molecular formula is C24H27N7. The van der Waals surface area contributed by atoms with E-state index < -0.39 is 0 Å². The maximum absolute atomic E-state index is 4.68. The fourth-order valence-corrected chi connectivity index (χ4v) is 4.00. The van der Waals surface area contributed by atoms with Crippen LogP contribution in [0.2, 0.25) is 0 Å². The van der Waals surface area contributed by atoms with Crippen LogP contribution in [0, 0.1) is 6.92 Å². The van der Waals surface area contributed by atoms with Crippen LogP contribution in [-0.4, -0.2) is 63.0 Å². The highest BCUT2D eigenvalue weighted by Gasteiger charge is 2.14. The largest absolute Gasteiger partial charge is 0.324 e. The number of aryl methyl sites for hydroxylation is 1. The van der Waals surface area contributed by atoms with Gasteiger partial charge in [0, 0.05) is 50.8 Å². The van der Waals surface area contributed by atoms with E-state index in [-0.39, 0.29) is 0 Å². The normalized spacial score (nSPS) is 15.4. The molecule has 3 aromatic heterocycles. The lowest BCUT2D eigenvalue weighted by Crippen LogP contribution is -2.43. The summed E-state index contributed by atoms with van der Waals surface area (Å²) in [7, 11) is 2.18. The number of hydrogen-bond donors (Lipinski definition) is 2. The number of anilines is 2. The first-order valence-electron chi connectivity index (χ1n) is 10.7. The zero-order valence-electron chi connectivity index (χ0n) is 18.0. The third-order valence-electron chi connectivity index (χ3n) is 5.78. The Morgan fingerprint density at radius 1 is 0.935 bits per heavy atom. The average Bonchev–Trinajstić information content (AvgIpc) is 3.17. The molecule has 0 aliphatic carbocycles. The standard InChI is InChI=1S/C24H27N7/c1-17-13-20(6-8-25-17)19-3-4-21-22(15-19)28-24(27-21)29-23-14-18(5-7-26-23)16-31-11-9-30(2)10-12-31/h3-8,13-15H,9-12,16H2,1-2H3,(H2,26,27,28,29). The van der Waals surface area contributed by atoms with Gasteiger partial charge in [0.15, 0.2) is 0 Å². The van der Waals surface area contributed by atoms with Crippen LogP contribution < -0.4 is 5.32 Å². The first kappa shape index (κ1) is 19.7. The summed E-state index contributed by atoms with van der Waals surface area (Å²) in [6.07, 6.45) is 3.70. The fraction of sp³-hybridized carbons (Fsp3) is 0.292. The molecule has 0 saturated carbocycles. The lowest BCUT2D eigenvalue weighted by Gasteiger charge is -2.32. The minimum atomic E-state index is 0.697. The highest BCUT2D eigenvalue weighted by atomic mass is 15.2. The second-order valence-corrected chi connectivity index (χ2v) is 8.26. The van der Waals surface area contributed by atoms with Gasteiger partial charge in [-0.05, 0) is 67.1 Å². The summed E-state index contributed by atoms with van der Waals surface area (Å²) in [5, 5.41) is 3.33. The monoisotopic (exact) mass is 413 g/mol. The number of pyridine rings is 2. The summed E-state index contributed by atoms with van der Waals surface area (Å²) in [5.74, 6) is 1.50. The number of aromatic amines is 1. The molecule has 0 bridgehead atoms. The Balaban J connectivity index is 1.32. The van der Waals surface area contributed by atoms with Gasteiger partial charge in [-0.25, -0.2) is 9.97 Å². The number of likely N-dealkylation sites (N-methyl/N-ethyl adjacent to an activating group) is 1. The van der Waals surface area contributed by atoms with E-state index in [1.54, 1.807) is 0 Å². The summed E-state index contributed by atoms with van der Waals surface area (Å²) in [4.78, 5) is 21.7. The number of piperazine rings is 1. The molecule has 0 amide bonds. The van der Waals surface area contributed by atoms with Gasteiger partial charge in [0.1, 0.15) is 5.82 Å². The molecule has 2 N–H and O–H groups in total. The Bertz CT molecular complexity index is 1190. The van der Waals surface area contributed by atoms with Crippen LogP contribution in [0.25, 0.3) is 22.2 Å². The summed E-state index contributed by atoms with van der Waals surface area (Å²) >= 11 is 0. The zero-order valence-corrected chi connectivity index (χ0v) is 18.0. The Morgan fingerprint density at radius 3 is 2.58 bits per heavy atom. The second-order valence-electron chi connectivity index (χ2n) is 8.26. The van der Waals surface area contributed by atoms with E-state index in [0.717, 1.165) is 66.4 Å². The zero-order chi connectivity index (χ0) is 21.2. The van der Waals surface area contributed by atoms with Gasteiger partial charge in [0.05, 0.1) is 11.0 Å². The molecule has 4 heterocycles. The van der Waals surface area contributed by atoms with Crippen molar-refractivity contribution in [2.45, 2.75) is 13.5 Å². The van der Waals surface area contributed by atoms with Crippen LogP contribution in [0.3, 0.4) is 0 Å². The maximum Gasteiger partial charge on any atom is 0.206 e. The van der Waals surface area contributed by atoms with Crippen molar-refractivity contribution in [3.05, 3.63) is 66.1 Å². The van der Waals surface area contributed by atoms with E-state index in [0.29, 0.717) is 5.95 Å². The van der Waals surface area contributed by atoms with E-state index in [1.165, 1.54) is 5.56 Å². The molecule has 1 aliphatic rings. The van der Waals surface area contributed by atoms with E-state index in [1.807, 2.05) is 31.5 Å². The molecule has 158 valence electrons. The van der Waals surface area contributed by atoms with E-state index in [2.05, 4.69) is 72.4 Å². The lowest BCUT2D eigenvalue weighted by molar-refractivity contribution is 0.148. The maximum atomic E-state index is 4.68. The van der Waals surface area contributed by atoms with Crippen LogP contribution in [0.5, 0.6) is 0 Å². The number of nitrogens with one attached hydrogen (secondary N) is 2. The van der Waals surface area contributed by atoms with Crippen LogP contribution in [0.15, 0.2) is 54.9 Å². The summed E-state index contributed by atoms with van der Waals surface area (Å²) in [5.41, 5.74) is 6.46. The highest BCUT2D eigenvalue weighted by Crippen LogP contribution is 2.25. The molecule has 1 aliphatic heterocycles. The van der Waals surface area contributed by atoms with Crippen molar-refractivity contribution in [1.82, 2.24) is 29.7 Å². The van der Waals surface area contributed by atoms with Crippen LogP contribution >= 0.6 is 0 Å². The predicted molar refractivity (Wildman–Crippen MR) is 124 cm³/mol. The fourth-order valence-electron chi connectivity index (χ4n) is 4.00. The summed E-state index contributed by atoms with van der Waals surface area (Å²) in [6.45, 7) is 7.40.